The van der Waals surface area contributed by atoms with Crippen LogP contribution >= 0.6 is 0 Å². The lowest BCUT2D eigenvalue weighted by Crippen LogP contribution is -2.35. The largest absolute Gasteiger partial charge is 0.491 e. The molecule has 0 saturated heterocycles. The van der Waals surface area contributed by atoms with Gasteiger partial charge in [0.1, 0.15) is 49.5 Å². The van der Waals surface area contributed by atoms with E-state index < -0.39 is 24.1 Å². The molecule has 0 spiro atoms. The first kappa shape index (κ1) is 37.9. The second-order valence-corrected chi connectivity index (χ2v) is 9.44. The number of rotatable bonds is 16. The topological polar surface area (TPSA) is 192 Å². The summed E-state index contributed by atoms with van der Waals surface area (Å²) in [4.78, 5) is 40.0. The maximum atomic E-state index is 10.4. The quantitative estimate of drug-likeness (QED) is 0.124. The smallest absolute Gasteiger partial charge is 0.328 e. The van der Waals surface area contributed by atoms with Gasteiger partial charge in [-0.15, -0.1) is 0 Å². The second-order valence-electron chi connectivity index (χ2n) is 9.44. The number of carbonyl (C=O) groups excluding carboxylic acids is 2. The summed E-state index contributed by atoms with van der Waals surface area (Å²) in [6, 6.07) is 14.3. The van der Waals surface area contributed by atoms with Crippen LogP contribution in [0.25, 0.3) is 0 Å². The molecule has 232 valence electrons. The third-order valence-corrected chi connectivity index (χ3v) is 4.81. The van der Waals surface area contributed by atoms with E-state index in [1.165, 1.54) is 0 Å². The maximum Gasteiger partial charge on any atom is 0.328 e. The van der Waals surface area contributed by atoms with Crippen LogP contribution in [0.2, 0.25) is 0 Å². The number of hydrogen-bond acceptors (Lipinski definition) is 10. The summed E-state index contributed by atoms with van der Waals surface area (Å²) < 4.78 is 10.8. The van der Waals surface area contributed by atoms with Crippen molar-refractivity contribution in [2.24, 2.45) is 0 Å². The second kappa shape index (κ2) is 22.6. The average molecular weight is 591 g/mol. The number of carbonyl (C=O) groups is 4. The van der Waals surface area contributed by atoms with E-state index in [9.17, 15) is 29.4 Å². The first-order chi connectivity index (χ1) is 19.9. The van der Waals surface area contributed by atoms with Crippen LogP contribution in [-0.4, -0.2) is 95.5 Å². The number of aliphatic hydroxyl groups is 2. The lowest BCUT2D eigenvalue weighted by atomic mass is 10.2. The standard InChI is InChI=1S/2C13H19NO3.C4H4O4/c2*1-10(2)14-7-12(16)9-17-13-5-3-11(8-15)4-6-13;5-3(6)1-2-4(7)8/h2*3-6,8,10,12,14,16H,7,9H2,1-2H3;1-2H,(H,5,6)(H,7,8)/b;;2-1+. The van der Waals surface area contributed by atoms with Gasteiger partial charge in [-0.25, -0.2) is 9.59 Å². The Balaban J connectivity index is 0.000000642. The number of carboxylic acids is 2. The molecule has 2 aromatic rings. The SMILES string of the molecule is CC(C)NCC(O)COc1ccc(C=O)cc1.CC(C)NCC(O)COc1ccc(C=O)cc1.O=C(O)/C=C/C(=O)O. The molecule has 0 heterocycles. The van der Waals surface area contributed by atoms with Gasteiger partial charge in [0.15, 0.2) is 0 Å². The number of ether oxygens (including phenoxy) is 2. The van der Waals surface area contributed by atoms with Gasteiger partial charge in [0.2, 0.25) is 0 Å². The molecule has 2 unspecified atom stereocenters. The van der Waals surface area contributed by atoms with Gasteiger partial charge in [-0.1, -0.05) is 27.7 Å². The highest BCUT2D eigenvalue weighted by Crippen LogP contribution is 2.12. The average Bonchev–Trinajstić information content (AvgIpc) is 2.97. The van der Waals surface area contributed by atoms with E-state index in [0.29, 0.717) is 60.0 Å². The molecule has 0 radical (unpaired) electrons. The molecule has 0 amide bonds. The number of benzene rings is 2. The molecule has 2 atom stereocenters. The van der Waals surface area contributed by atoms with Gasteiger partial charge in [0.05, 0.1) is 0 Å². The zero-order valence-electron chi connectivity index (χ0n) is 24.3. The number of carboxylic acid groups (broad SMARTS) is 2. The molecule has 0 aliphatic heterocycles. The van der Waals surface area contributed by atoms with Crippen LogP contribution in [-0.2, 0) is 9.59 Å². The van der Waals surface area contributed by atoms with Crippen LogP contribution in [0, 0.1) is 0 Å². The first-order valence-electron chi connectivity index (χ1n) is 13.2. The predicted molar refractivity (Wildman–Crippen MR) is 157 cm³/mol. The van der Waals surface area contributed by atoms with Crippen molar-refractivity contribution >= 4 is 24.5 Å². The molecular formula is C30H42N2O10. The van der Waals surface area contributed by atoms with E-state index in [2.05, 4.69) is 10.6 Å². The first-order valence-corrected chi connectivity index (χ1v) is 13.2. The number of nitrogens with one attached hydrogen (secondary N) is 2. The monoisotopic (exact) mass is 590 g/mol. The Labute approximate surface area is 246 Å². The Morgan fingerprint density at radius 3 is 1.21 bits per heavy atom. The number of aliphatic carboxylic acids is 2. The molecule has 2 rings (SSSR count). The van der Waals surface area contributed by atoms with Gasteiger partial charge in [0.25, 0.3) is 0 Å². The fourth-order valence-corrected chi connectivity index (χ4v) is 2.67. The number of aliphatic hydroxyl groups excluding tert-OH is 2. The predicted octanol–water partition coefficient (Wildman–Crippen LogP) is 2.19. The van der Waals surface area contributed by atoms with Gasteiger partial charge < -0.3 is 40.5 Å². The molecule has 0 fully saturated rings. The Hall–Kier alpha value is -4.10. The number of aldehydes is 2. The minimum atomic E-state index is -1.26. The van der Waals surface area contributed by atoms with Crippen molar-refractivity contribution in [3.8, 4) is 11.5 Å². The highest BCUT2D eigenvalue weighted by Gasteiger charge is 2.07. The summed E-state index contributed by atoms with van der Waals surface area (Å²) in [6.45, 7) is 9.56. The maximum absolute atomic E-state index is 10.4. The molecule has 0 aliphatic carbocycles. The Bertz CT molecular complexity index is 985. The van der Waals surface area contributed by atoms with Gasteiger partial charge in [-0.2, -0.15) is 0 Å². The van der Waals surface area contributed by atoms with Gasteiger partial charge in [-0.05, 0) is 48.5 Å². The molecule has 2 aromatic carbocycles. The van der Waals surface area contributed by atoms with Crippen LogP contribution < -0.4 is 20.1 Å². The number of hydrogen-bond donors (Lipinski definition) is 6. The Morgan fingerprint density at radius 2 is 0.976 bits per heavy atom. The molecular weight excluding hydrogens is 548 g/mol. The lowest BCUT2D eigenvalue weighted by Gasteiger charge is -2.14. The summed E-state index contributed by atoms with van der Waals surface area (Å²) in [6.07, 6.45) is 1.60. The van der Waals surface area contributed by atoms with E-state index in [-0.39, 0.29) is 13.2 Å². The molecule has 0 aliphatic rings. The fraction of sp³-hybridized carbons (Fsp3) is 0.400. The minimum absolute atomic E-state index is 0.236. The van der Waals surface area contributed by atoms with Crippen LogP contribution in [0.4, 0.5) is 0 Å². The van der Waals surface area contributed by atoms with E-state index in [0.717, 1.165) is 12.6 Å². The van der Waals surface area contributed by atoms with Gasteiger partial charge in [0, 0.05) is 48.5 Å². The molecule has 12 heteroatoms. The summed E-state index contributed by atoms with van der Waals surface area (Å²) in [7, 11) is 0. The zero-order chi connectivity index (χ0) is 31.9. The highest BCUT2D eigenvalue weighted by molar-refractivity contribution is 5.89. The Kier molecular flexibility index (Phi) is 20.4. The normalized spacial score (nSPS) is 11.9. The minimum Gasteiger partial charge on any atom is -0.491 e. The van der Waals surface area contributed by atoms with Crippen molar-refractivity contribution in [1.82, 2.24) is 10.6 Å². The molecule has 0 saturated carbocycles. The summed E-state index contributed by atoms with van der Waals surface area (Å²) in [5.41, 5.74) is 1.22. The zero-order valence-corrected chi connectivity index (χ0v) is 24.3. The van der Waals surface area contributed by atoms with Crippen molar-refractivity contribution in [3.63, 3.8) is 0 Å². The van der Waals surface area contributed by atoms with Crippen LogP contribution in [0.15, 0.2) is 60.7 Å². The van der Waals surface area contributed by atoms with Crippen molar-refractivity contribution in [1.29, 1.82) is 0 Å². The van der Waals surface area contributed by atoms with Crippen molar-refractivity contribution in [2.45, 2.75) is 52.0 Å². The lowest BCUT2D eigenvalue weighted by molar-refractivity contribution is -0.134. The van der Waals surface area contributed by atoms with Gasteiger partial charge >= 0.3 is 11.9 Å². The van der Waals surface area contributed by atoms with Crippen LogP contribution in [0.3, 0.4) is 0 Å². The molecule has 12 nitrogen and oxygen atoms in total. The molecule has 0 aromatic heterocycles. The summed E-state index contributed by atoms with van der Waals surface area (Å²) in [5.74, 6) is -1.21. The van der Waals surface area contributed by atoms with Crippen LogP contribution in [0.1, 0.15) is 48.4 Å². The van der Waals surface area contributed by atoms with E-state index in [1.807, 2.05) is 27.7 Å². The molecule has 6 N–H and O–H groups in total. The summed E-state index contributed by atoms with van der Waals surface area (Å²) >= 11 is 0. The molecule has 0 bridgehead atoms. The fourth-order valence-electron chi connectivity index (χ4n) is 2.67. The van der Waals surface area contributed by atoms with E-state index in [4.69, 9.17) is 19.7 Å². The van der Waals surface area contributed by atoms with Crippen molar-refractivity contribution in [3.05, 3.63) is 71.8 Å². The van der Waals surface area contributed by atoms with E-state index in [1.54, 1.807) is 48.5 Å². The van der Waals surface area contributed by atoms with Crippen LogP contribution in [0.5, 0.6) is 11.5 Å². The summed E-state index contributed by atoms with van der Waals surface area (Å²) in [5, 5.41) is 41.1. The highest BCUT2D eigenvalue weighted by atomic mass is 16.5. The van der Waals surface area contributed by atoms with Crippen molar-refractivity contribution in [2.75, 3.05) is 26.3 Å². The van der Waals surface area contributed by atoms with Crippen molar-refractivity contribution < 1.29 is 49.1 Å². The Morgan fingerprint density at radius 1 is 0.667 bits per heavy atom. The third kappa shape index (κ3) is 21.7. The third-order valence-electron chi connectivity index (χ3n) is 4.81. The van der Waals surface area contributed by atoms with Gasteiger partial charge in [-0.3, -0.25) is 9.59 Å². The molecule has 42 heavy (non-hydrogen) atoms. The van der Waals surface area contributed by atoms with E-state index >= 15 is 0 Å².